The van der Waals surface area contributed by atoms with Crippen LogP contribution in [0.2, 0.25) is 0 Å². The summed E-state index contributed by atoms with van der Waals surface area (Å²) < 4.78 is 37.4. The highest BCUT2D eigenvalue weighted by atomic mass is 32.2. The highest BCUT2D eigenvalue weighted by molar-refractivity contribution is 7.92. The molecule has 1 amide bonds. The zero-order valence-electron chi connectivity index (χ0n) is 12.9. The molecular weight excluding hydrogens is 305 g/mol. The molecule has 1 aromatic carbocycles. The molecule has 2 rings (SSSR count). The zero-order chi connectivity index (χ0) is 16.3. The van der Waals surface area contributed by atoms with Gasteiger partial charge in [0.15, 0.2) is 9.84 Å². The van der Waals surface area contributed by atoms with E-state index in [9.17, 15) is 17.6 Å². The first-order valence-electron chi connectivity index (χ1n) is 7.61. The van der Waals surface area contributed by atoms with E-state index in [1.54, 1.807) is 19.1 Å². The molecule has 1 N–H and O–H groups in total. The van der Waals surface area contributed by atoms with Crippen molar-refractivity contribution in [1.82, 2.24) is 5.32 Å². The van der Waals surface area contributed by atoms with Crippen LogP contribution in [-0.4, -0.2) is 25.8 Å². The lowest BCUT2D eigenvalue weighted by Gasteiger charge is -2.32. The van der Waals surface area contributed by atoms with E-state index < -0.39 is 21.5 Å². The van der Waals surface area contributed by atoms with Crippen molar-refractivity contribution in [1.29, 1.82) is 0 Å². The molecule has 0 radical (unpaired) electrons. The molecule has 6 heteroatoms. The maximum Gasteiger partial charge on any atom is 0.235 e. The molecule has 0 aromatic heterocycles. The molecule has 0 fully saturated rings. The molecular formula is C16H22FNO3S. The monoisotopic (exact) mass is 327 g/mol. The van der Waals surface area contributed by atoms with Gasteiger partial charge in [-0.25, -0.2) is 12.8 Å². The normalized spacial score (nSPS) is 21.2. The Morgan fingerprint density at radius 2 is 2.14 bits per heavy atom. The Labute approximate surface area is 131 Å². The van der Waals surface area contributed by atoms with Crippen molar-refractivity contribution in [2.45, 2.75) is 39.2 Å². The van der Waals surface area contributed by atoms with E-state index in [-0.39, 0.29) is 23.5 Å². The van der Waals surface area contributed by atoms with Crippen LogP contribution in [0.1, 0.15) is 43.9 Å². The number of carbonyl (C=O) groups excluding carboxylic acids is 1. The van der Waals surface area contributed by atoms with Gasteiger partial charge in [-0.05, 0) is 42.4 Å². The average Bonchev–Trinajstić information content (AvgIpc) is 2.41. The summed E-state index contributed by atoms with van der Waals surface area (Å²) in [7, 11) is -3.37. The largest absolute Gasteiger partial charge is 0.348 e. The molecule has 22 heavy (non-hydrogen) atoms. The number of benzene rings is 1. The van der Waals surface area contributed by atoms with Crippen LogP contribution in [-0.2, 0) is 21.1 Å². The number of carbonyl (C=O) groups is 1. The standard InChI is InChI=1S/C16H22FNO3S/c1-3-9-22(20,21)10-15(19)18-16-11(2)7-8-12-13(16)5-4-6-14(12)17/h4-6,11,16H,3,7-10H2,1-2H3,(H,18,19)/t11-,16+/m1/s1. The van der Waals surface area contributed by atoms with E-state index in [2.05, 4.69) is 5.32 Å². The number of fused-ring (bicyclic) bond motifs is 1. The third-order valence-electron chi connectivity index (χ3n) is 4.09. The van der Waals surface area contributed by atoms with Gasteiger partial charge in [0.2, 0.25) is 5.91 Å². The fraction of sp³-hybridized carbons (Fsp3) is 0.562. The third-order valence-corrected chi connectivity index (χ3v) is 5.82. The summed E-state index contributed by atoms with van der Waals surface area (Å²) in [5, 5.41) is 2.78. The number of nitrogens with one attached hydrogen (secondary N) is 1. The number of halogens is 1. The first kappa shape index (κ1) is 16.9. The second-order valence-corrected chi connectivity index (χ2v) is 8.14. The summed E-state index contributed by atoms with van der Waals surface area (Å²) >= 11 is 0. The Bertz CT molecular complexity index is 657. The predicted octanol–water partition coefficient (Wildman–Crippen LogP) is 2.39. The van der Waals surface area contributed by atoms with E-state index in [1.165, 1.54) is 6.07 Å². The second kappa shape index (κ2) is 6.77. The molecule has 0 saturated heterocycles. The summed E-state index contributed by atoms with van der Waals surface area (Å²) in [5.41, 5.74) is 1.39. The maximum absolute atomic E-state index is 13.9. The Morgan fingerprint density at radius 1 is 1.41 bits per heavy atom. The SMILES string of the molecule is CCCS(=O)(=O)CC(=O)N[C@@H]1c2cccc(F)c2CC[C@H]1C. The van der Waals surface area contributed by atoms with Crippen LogP contribution < -0.4 is 5.32 Å². The maximum atomic E-state index is 13.9. The van der Waals surface area contributed by atoms with E-state index in [4.69, 9.17) is 0 Å². The summed E-state index contributed by atoms with van der Waals surface area (Å²) in [6.07, 6.45) is 1.90. The van der Waals surface area contributed by atoms with Crippen LogP contribution in [0.5, 0.6) is 0 Å². The van der Waals surface area contributed by atoms with Crippen molar-refractivity contribution < 1.29 is 17.6 Å². The zero-order valence-corrected chi connectivity index (χ0v) is 13.7. The number of hydrogen-bond acceptors (Lipinski definition) is 3. The van der Waals surface area contributed by atoms with E-state index in [0.29, 0.717) is 18.4 Å². The van der Waals surface area contributed by atoms with Gasteiger partial charge < -0.3 is 5.32 Å². The topological polar surface area (TPSA) is 63.2 Å². The van der Waals surface area contributed by atoms with Gasteiger partial charge in [-0.3, -0.25) is 4.79 Å². The smallest absolute Gasteiger partial charge is 0.235 e. The van der Waals surface area contributed by atoms with E-state index in [0.717, 1.165) is 12.0 Å². The van der Waals surface area contributed by atoms with Gasteiger partial charge in [0.25, 0.3) is 0 Å². The van der Waals surface area contributed by atoms with Gasteiger partial charge in [0.1, 0.15) is 11.6 Å². The molecule has 4 nitrogen and oxygen atoms in total. The highest BCUT2D eigenvalue weighted by Crippen LogP contribution is 2.35. The number of hydrogen-bond donors (Lipinski definition) is 1. The van der Waals surface area contributed by atoms with Crippen molar-refractivity contribution in [2.75, 3.05) is 11.5 Å². The summed E-state index contributed by atoms with van der Waals surface area (Å²) in [5.74, 6) is -1.13. The molecule has 1 aliphatic rings. The predicted molar refractivity (Wildman–Crippen MR) is 83.7 cm³/mol. The van der Waals surface area contributed by atoms with Crippen LogP contribution in [0.4, 0.5) is 4.39 Å². The molecule has 0 heterocycles. The summed E-state index contributed by atoms with van der Waals surface area (Å²) in [6, 6.07) is 4.52. The first-order valence-corrected chi connectivity index (χ1v) is 9.43. The van der Waals surface area contributed by atoms with Gasteiger partial charge >= 0.3 is 0 Å². The Hall–Kier alpha value is -1.43. The van der Waals surface area contributed by atoms with Gasteiger partial charge in [0, 0.05) is 0 Å². The molecule has 1 aliphatic carbocycles. The summed E-state index contributed by atoms with van der Waals surface area (Å²) in [6.45, 7) is 3.75. The fourth-order valence-electron chi connectivity index (χ4n) is 2.99. The lowest BCUT2D eigenvalue weighted by atomic mass is 9.80. The van der Waals surface area contributed by atoms with Crippen molar-refractivity contribution >= 4 is 15.7 Å². The van der Waals surface area contributed by atoms with Gasteiger partial charge in [0.05, 0.1) is 11.8 Å². The fourth-order valence-corrected chi connectivity index (χ4v) is 4.24. The minimum atomic E-state index is -3.37. The van der Waals surface area contributed by atoms with Gasteiger partial charge in [-0.1, -0.05) is 26.0 Å². The number of rotatable bonds is 5. The van der Waals surface area contributed by atoms with Crippen molar-refractivity contribution in [2.24, 2.45) is 5.92 Å². The highest BCUT2D eigenvalue weighted by Gasteiger charge is 2.30. The lowest BCUT2D eigenvalue weighted by molar-refractivity contribution is -0.119. The number of sulfone groups is 1. The van der Waals surface area contributed by atoms with Crippen LogP contribution in [0.3, 0.4) is 0 Å². The Morgan fingerprint density at radius 3 is 2.82 bits per heavy atom. The molecule has 122 valence electrons. The van der Waals surface area contributed by atoms with Crippen LogP contribution in [0, 0.1) is 11.7 Å². The molecule has 0 aliphatic heterocycles. The van der Waals surface area contributed by atoms with Crippen LogP contribution in [0.25, 0.3) is 0 Å². The molecule has 0 bridgehead atoms. The third kappa shape index (κ3) is 3.85. The van der Waals surface area contributed by atoms with Gasteiger partial charge in [-0.15, -0.1) is 0 Å². The van der Waals surface area contributed by atoms with E-state index in [1.807, 2.05) is 6.92 Å². The van der Waals surface area contributed by atoms with Crippen LogP contribution >= 0.6 is 0 Å². The Balaban J connectivity index is 2.16. The summed E-state index contributed by atoms with van der Waals surface area (Å²) in [4.78, 5) is 12.1. The minimum absolute atomic E-state index is 0.00581. The first-order chi connectivity index (χ1) is 10.3. The van der Waals surface area contributed by atoms with E-state index >= 15 is 0 Å². The molecule has 0 saturated carbocycles. The van der Waals surface area contributed by atoms with Crippen molar-refractivity contribution in [3.63, 3.8) is 0 Å². The minimum Gasteiger partial charge on any atom is -0.348 e. The van der Waals surface area contributed by atoms with Gasteiger partial charge in [-0.2, -0.15) is 0 Å². The molecule has 2 atom stereocenters. The quantitative estimate of drug-likeness (QED) is 0.903. The lowest BCUT2D eigenvalue weighted by Crippen LogP contribution is -2.39. The Kier molecular flexibility index (Phi) is 5.21. The number of amides is 1. The molecule has 1 aromatic rings. The second-order valence-electron chi connectivity index (χ2n) is 5.96. The van der Waals surface area contributed by atoms with Crippen LogP contribution in [0.15, 0.2) is 18.2 Å². The molecule has 0 unspecified atom stereocenters. The van der Waals surface area contributed by atoms with Crippen molar-refractivity contribution in [3.05, 3.63) is 35.1 Å². The molecule has 0 spiro atoms. The van der Waals surface area contributed by atoms with Crippen molar-refractivity contribution in [3.8, 4) is 0 Å². The average molecular weight is 327 g/mol.